The van der Waals surface area contributed by atoms with Crippen molar-refractivity contribution >= 4 is 0 Å². The fourth-order valence-corrected chi connectivity index (χ4v) is 3.72. The molecule has 0 aliphatic carbocycles. The van der Waals surface area contributed by atoms with E-state index < -0.39 is 0 Å². The maximum atomic E-state index is 2.61. The van der Waals surface area contributed by atoms with Crippen LogP contribution in [0, 0.1) is 0 Å². The molecule has 0 aliphatic heterocycles. The molecule has 3 atom stereocenters. The zero-order valence-electron chi connectivity index (χ0n) is 15.3. The van der Waals surface area contributed by atoms with E-state index in [9.17, 15) is 0 Å². The second-order valence-electron chi connectivity index (χ2n) is 6.71. The summed E-state index contributed by atoms with van der Waals surface area (Å²) >= 11 is 0. The monoisotopic (exact) mass is 329 g/mol. The van der Waals surface area contributed by atoms with Crippen LogP contribution in [-0.4, -0.2) is 4.90 Å². The largest absolute Gasteiger partial charge is 0.283 e. The van der Waals surface area contributed by atoms with Crippen molar-refractivity contribution in [1.29, 1.82) is 0 Å². The van der Waals surface area contributed by atoms with Gasteiger partial charge < -0.3 is 0 Å². The predicted octanol–water partition coefficient (Wildman–Crippen LogP) is 6.57. The standard InChI is InChI=1S/C24H27N/c1-19(22-13-7-4-8-14-22)25(20(2)23-15-9-5-10-16-23)21(3)24-17-11-6-12-18-24/h4-21H,1-3H3. The highest BCUT2D eigenvalue weighted by Crippen LogP contribution is 2.38. The third-order valence-electron chi connectivity index (χ3n) is 5.19. The second kappa shape index (κ2) is 8.13. The molecule has 3 aromatic rings. The Labute approximate surface area is 151 Å². The summed E-state index contributed by atoms with van der Waals surface area (Å²) in [6, 6.07) is 33.4. The molecular weight excluding hydrogens is 302 g/mol. The zero-order valence-corrected chi connectivity index (χ0v) is 15.3. The average molecular weight is 329 g/mol. The van der Waals surface area contributed by atoms with Gasteiger partial charge in [-0.2, -0.15) is 0 Å². The first kappa shape index (κ1) is 17.4. The number of nitrogens with zero attached hydrogens (tertiary/aromatic N) is 1. The summed E-state index contributed by atoms with van der Waals surface area (Å²) in [5.41, 5.74) is 4.06. The number of hydrogen-bond donors (Lipinski definition) is 0. The van der Waals surface area contributed by atoms with E-state index in [2.05, 4.69) is 117 Å². The van der Waals surface area contributed by atoms with Crippen LogP contribution in [0.2, 0.25) is 0 Å². The zero-order chi connectivity index (χ0) is 17.6. The van der Waals surface area contributed by atoms with Crippen molar-refractivity contribution < 1.29 is 0 Å². The van der Waals surface area contributed by atoms with E-state index >= 15 is 0 Å². The van der Waals surface area contributed by atoms with Crippen LogP contribution in [0.15, 0.2) is 91.0 Å². The van der Waals surface area contributed by atoms with Crippen molar-refractivity contribution in [2.24, 2.45) is 0 Å². The van der Waals surface area contributed by atoms with E-state index in [1.807, 2.05) is 0 Å². The van der Waals surface area contributed by atoms with Gasteiger partial charge in [0.2, 0.25) is 0 Å². The fourth-order valence-electron chi connectivity index (χ4n) is 3.72. The quantitative estimate of drug-likeness (QED) is 0.494. The Morgan fingerprint density at radius 2 is 0.680 bits per heavy atom. The molecule has 0 N–H and O–H groups in total. The van der Waals surface area contributed by atoms with Gasteiger partial charge in [-0.15, -0.1) is 0 Å². The molecule has 0 saturated carbocycles. The molecule has 0 radical (unpaired) electrons. The van der Waals surface area contributed by atoms with E-state index in [-0.39, 0.29) is 0 Å². The molecule has 128 valence electrons. The Hall–Kier alpha value is -2.38. The maximum absolute atomic E-state index is 2.61. The van der Waals surface area contributed by atoms with Crippen LogP contribution in [0.4, 0.5) is 0 Å². The Kier molecular flexibility index (Phi) is 5.67. The summed E-state index contributed by atoms with van der Waals surface area (Å²) < 4.78 is 0. The molecule has 3 rings (SSSR count). The lowest BCUT2D eigenvalue weighted by Crippen LogP contribution is -2.32. The minimum atomic E-state index is 0.326. The highest BCUT2D eigenvalue weighted by molar-refractivity contribution is 5.25. The van der Waals surface area contributed by atoms with Crippen LogP contribution in [0.1, 0.15) is 55.6 Å². The van der Waals surface area contributed by atoms with Crippen molar-refractivity contribution in [2.75, 3.05) is 0 Å². The van der Waals surface area contributed by atoms with Gasteiger partial charge in [-0.25, -0.2) is 0 Å². The van der Waals surface area contributed by atoms with Crippen molar-refractivity contribution in [3.05, 3.63) is 108 Å². The normalized spacial score (nSPS) is 14.9. The van der Waals surface area contributed by atoms with E-state index in [1.165, 1.54) is 16.7 Å². The van der Waals surface area contributed by atoms with Gasteiger partial charge in [0.15, 0.2) is 0 Å². The number of hydrogen-bond acceptors (Lipinski definition) is 1. The molecule has 0 heterocycles. The van der Waals surface area contributed by atoms with Crippen LogP contribution in [-0.2, 0) is 0 Å². The van der Waals surface area contributed by atoms with Crippen molar-refractivity contribution in [2.45, 2.75) is 38.9 Å². The lowest BCUT2D eigenvalue weighted by atomic mass is 9.96. The van der Waals surface area contributed by atoms with Gasteiger partial charge in [-0.1, -0.05) is 91.0 Å². The third-order valence-corrected chi connectivity index (χ3v) is 5.19. The first-order chi connectivity index (χ1) is 12.2. The van der Waals surface area contributed by atoms with E-state index in [1.54, 1.807) is 0 Å². The molecule has 1 nitrogen and oxygen atoms in total. The number of benzene rings is 3. The van der Waals surface area contributed by atoms with Gasteiger partial charge in [0, 0.05) is 18.1 Å². The van der Waals surface area contributed by atoms with Crippen LogP contribution < -0.4 is 0 Å². The predicted molar refractivity (Wildman–Crippen MR) is 106 cm³/mol. The minimum absolute atomic E-state index is 0.326. The molecule has 1 heteroatoms. The summed E-state index contributed by atoms with van der Waals surface area (Å²) in [6.07, 6.45) is 0. The SMILES string of the molecule is CC(c1ccccc1)N(C(C)c1ccccc1)C(C)c1ccccc1. The Morgan fingerprint density at radius 3 is 0.920 bits per heavy atom. The molecule has 0 spiro atoms. The Morgan fingerprint density at radius 1 is 0.440 bits per heavy atom. The lowest BCUT2D eigenvalue weighted by Gasteiger charge is -2.40. The van der Waals surface area contributed by atoms with Crippen LogP contribution in [0.3, 0.4) is 0 Å². The Balaban J connectivity index is 1.99. The van der Waals surface area contributed by atoms with E-state index in [0.29, 0.717) is 18.1 Å². The third kappa shape index (κ3) is 4.00. The van der Waals surface area contributed by atoms with Gasteiger partial charge in [-0.3, -0.25) is 4.90 Å². The van der Waals surface area contributed by atoms with Gasteiger partial charge >= 0.3 is 0 Å². The van der Waals surface area contributed by atoms with Crippen LogP contribution in [0.5, 0.6) is 0 Å². The smallest absolute Gasteiger partial charge is 0.0331 e. The second-order valence-corrected chi connectivity index (χ2v) is 6.71. The molecule has 0 bridgehead atoms. The highest BCUT2D eigenvalue weighted by atomic mass is 15.2. The van der Waals surface area contributed by atoms with Gasteiger partial charge in [0.25, 0.3) is 0 Å². The lowest BCUT2D eigenvalue weighted by molar-refractivity contribution is 0.103. The maximum Gasteiger partial charge on any atom is 0.0331 e. The molecule has 0 aromatic heterocycles. The molecule has 0 amide bonds. The topological polar surface area (TPSA) is 3.24 Å². The van der Waals surface area contributed by atoms with Gasteiger partial charge in [0.05, 0.1) is 0 Å². The molecule has 3 aromatic carbocycles. The Bertz CT molecular complexity index is 644. The first-order valence-corrected chi connectivity index (χ1v) is 9.10. The molecular formula is C24H27N. The van der Waals surface area contributed by atoms with Crippen LogP contribution in [0.25, 0.3) is 0 Å². The summed E-state index contributed by atoms with van der Waals surface area (Å²) in [5, 5.41) is 0. The first-order valence-electron chi connectivity index (χ1n) is 9.10. The molecule has 0 aliphatic rings. The van der Waals surface area contributed by atoms with Gasteiger partial charge in [-0.05, 0) is 37.5 Å². The molecule has 25 heavy (non-hydrogen) atoms. The summed E-state index contributed by atoms with van der Waals surface area (Å²) in [4.78, 5) is 2.61. The molecule has 3 unspecified atom stereocenters. The van der Waals surface area contributed by atoms with Crippen molar-refractivity contribution in [1.82, 2.24) is 4.90 Å². The minimum Gasteiger partial charge on any atom is -0.283 e. The summed E-state index contributed by atoms with van der Waals surface area (Å²) in [5.74, 6) is 0. The van der Waals surface area contributed by atoms with Crippen LogP contribution >= 0.6 is 0 Å². The van der Waals surface area contributed by atoms with Crippen molar-refractivity contribution in [3.8, 4) is 0 Å². The molecule has 0 fully saturated rings. The number of rotatable bonds is 6. The molecule has 0 saturated heterocycles. The highest BCUT2D eigenvalue weighted by Gasteiger charge is 2.28. The fraction of sp³-hybridized carbons (Fsp3) is 0.250. The van der Waals surface area contributed by atoms with E-state index in [0.717, 1.165) is 0 Å². The van der Waals surface area contributed by atoms with Crippen molar-refractivity contribution in [3.63, 3.8) is 0 Å². The summed E-state index contributed by atoms with van der Waals surface area (Å²) in [7, 11) is 0. The van der Waals surface area contributed by atoms with E-state index in [4.69, 9.17) is 0 Å². The summed E-state index contributed by atoms with van der Waals surface area (Å²) in [6.45, 7) is 6.94. The average Bonchev–Trinajstić information content (AvgIpc) is 2.70. The van der Waals surface area contributed by atoms with Gasteiger partial charge in [0.1, 0.15) is 0 Å².